The minimum atomic E-state index is -0.485. The molecule has 3 N–H and O–H groups in total. The van der Waals surface area contributed by atoms with Gasteiger partial charge >= 0.3 is 6.03 Å². The van der Waals surface area contributed by atoms with E-state index in [1.54, 1.807) is 61.2 Å². The predicted octanol–water partition coefficient (Wildman–Crippen LogP) is 5.15. The lowest BCUT2D eigenvalue weighted by Crippen LogP contribution is -2.19. The van der Waals surface area contributed by atoms with Crippen molar-refractivity contribution in [3.05, 3.63) is 64.8 Å². The Morgan fingerprint density at radius 1 is 1.03 bits per heavy atom. The summed E-state index contributed by atoms with van der Waals surface area (Å²) >= 11 is 7.54. The molecule has 0 radical (unpaired) electrons. The molecule has 4 rings (SSSR count). The Morgan fingerprint density at radius 3 is 2.61 bits per heavy atom. The fourth-order valence-corrected chi connectivity index (χ4v) is 3.73. The molecule has 3 amide bonds. The highest BCUT2D eigenvalue weighted by molar-refractivity contribution is 7.13. The largest absolute Gasteiger partial charge is 0.496 e. The maximum atomic E-state index is 12.3. The molecule has 0 aliphatic heterocycles. The highest BCUT2D eigenvalue weighted by atomic mass is 35.5. The van der Waals surface area contributed by atoms with Gasteiger partial charge in [-0.2, -0.15) is 0 Å². The summed E-state index contributed by atoms with van der Waals surface area (Å²) in [5.41, 5.74) is 1.30. The number of ether oxygens (including phenoxy) is 2. The van der Waals surface area contributed by atoms with Gasteiger partial charge in [-0.1, -0.05) is 11.6 Å². The molecular weight excluding hydrogens is 466 g/mol. The molecule has 0 aliphatic carbocycles. The summed E-state index contributed by atoms with van der Waals surface area (Å²) in [5.74, 6) is 0.991. The van der Waals surface area contributed by atoms with Crippen molar-refractivity contribution in [1.82, 2.24) is 15.3 Å². The summed E-state index contributed by atoms with van der Waals surface area (Å²) in [7, 11) is 3.03. The summed E-state index contributed by atoms with van der Waals surface area (Å²) < 4.78 is 11.4. The first kappa shape index (κ1) is 22.3. The predicted molar refractivity (Wildman–Crippen MR) is 128 cm³/mol. The number of nitrogens with one attached hydrogen (secondary N) is 3. The third-order valence-electron chi connectivity index (χ3n) is 4.56. The molecule has 168 valence electrons. The summed E-state index contributed by atoms with van der Waals surface area (Å²) in [6.07, 6.45) is 3.18. The third kappa shape index (κ3) is 4.97. The monoisotopic (exact) mass is 483 g/mol. The fourth-order valence-electron chi connectivity index (χ4n) is 3.04. The third-order valence-corrected chi connectivity index (χ3v) is 5.58. The van der Waals surface area contributed by atoms with Crippen LogP contribution in [0.4, 0.5) is 15.6 Å². The number of thiazole rings is 1. The van der Waals surface area contributed by atoms with Crippen LogP contribution in [0.5, 0.6) is 17.2 Å². The molecule has 0 bridgehead atoms. The number of carbonyl (C=O) groups is 2. The number of hydrogen-bond acceptors (Lipinski definition) is 7. The molecular formula is C22H18ClN5O4S. The number of urea groups is 1. The van der Waals surface area contributed by atoms with E-state index in [1.165, 1.54) is 18.4 Å². The number of anilines is 2. The normalized spacial score (nSPS) is 10.5. The van der Waals surface area contributed by atoms with E-state index in [2.05, 4.69) is 25.9 Å². The van der Waals surface area contributed by atoms with Crippen LogP contribution in [0.15, 0.2) is 54.2 Å². The van der Waals surface area contributed by atoms with Gasteiger partial charge in [-0.3, -0.25) is 15.1 Å². The highest BCUT2D eigenvalue weighted by Crippen LogP contribution is 2.35. The fraction of sp³-hybridized carbons (Fsp3) is 0.0909. The van der Waals surface area contributed by atoms with E-state index >= 15 is 0 Å². The van der Waals surface area contributed by atoms with E-state index in [0.717, 1.165) is 0 Å². The number of aromatic nitrogens is 2. The van der Waals surface area contributed by atoms with Crippen molar-refractivity contribution < 1.29 is 19.1 Å². The van der Waals surface area contributed by atoms with Crippen LogP contribution < -0.4 is 25.4 Å². The van der Waals surface area contributed by atoms with Crippen LogP contribution in [-0.2, 0) is 0 Å². The molecule has 33 heavy (non-hydrogen) atoms. The van der Waals surface area contributed by atoms with Gasteiger partial charge in [0.2, 0.25) is 0 Å². The zero-order valence-corrected chi connectivity index (χ0v) is 19.1. The van der Waals surface area contributed by atoms with Crippen molar-refractivity contribution in [2.24, 2.45) is 0 Å². The summed E-state index contributed by atoms with van der Waals surface area (Å²) in [5, 5.41) is 11.1. The SMILES string of the molecule is CNC(=O)c1cc2c(Oc3ccc(Cl)c(NC(=O)Nc4nccs4)c3)ccnc2cc1OC. The second-order valence-corrected chi connectivity index (χ2v) is 7.92. The maximum absolute atomic E-state index is 12.3. The quantitative estimate of drug-likeness (QED) is 0.349. The van der Waals surface area contributed by atoms with Crippen LogP contribution in [0.3, 0.4) is 0 Å². The van der Waals surface area contributed by atoms with Crippen molar-refractivity contribution in [3.63, 3.8) is 0 Å². The van der Waals surface area contributed by atoms with Crippen LogP contribution in [0, 0.1) is 0 Å². The van der Waals surface area contributed by atoms with E-state index in [4.69, 9.17) is 21.1 Å². The van der Waals surface area contributed by atoms with Gasteiger partial charge in [0, 0.05) is 42.3 Å². The molecule has 11 heteroatoms. The molecule has 0 fully saturated rings. The molecule has 0 atom stereocenters. The Labute approximate surface area is 197 Å². The summed E-state index contributed by atoms with van der Waals surface area (Å²) in [4.78, 5) is 32.9. The lowest BCUT2D eigenvalue weighted by Gasteiger charge is -2.14. The lowest BCUT2D eigenvalue weighted by molar-refractivity contribution is 0.0960. The van der Waals surface area contributed by atoms with Gasteiger partial charge in [0.25, 0.3) is 5.91 Å². The van der Waals surface area contributed by atoms with E-state index in [9.17, 15) is 9.59 Å². The number of pyridine rings is 1. The van der Waals surface area contributed by atoms with Gasteiger partial charge in [0.1, 0.15) is 17.2 Å². The first-order valence-corrected chi connectivity index (χ1v) is 10.9. The van der Waals surface area contributed by atoms with Gasteiger partial charge in [-0.05, 0) is 24.3 Å². The summed E-state index contributed by atoms with van der Waals surface area (Å²) in [6.45, 7) is 0. The molecule has 0 saturated heterocycles. The van der Waals surface area contributed by atoms with E-state index in [0.29, 0.717) is 49.6 Å². The first-order valence-electron chi connectivity index (χ1n) is 9.62. The van der Waals surface area contributed by atoms with Crippen LogP contribution in [0.25, 0.3) is 10.9 Å². The number of carbonyl (C=O) groups excluding carboxylic acids is 2. The van der Waals surface area contributed by atoms with Gasteiger partial charge < -0.3 is 20.1 Å². The van der Waals surface area contributed by atoms with Crippen molar-refractivity contribution in [2.45, 2.75) is 0 Å². The first-order chi connectivity index (χ1) is 16.0. The number of rotatable bonds is 6. The minimum Gasteiger partial charge on any atom is -0.496 e. The molecule has 0 aliphatic rings. The molecule has 0 spiro atoms. The number of methoxy groups -OCH3 is 1. The average molecular weight is 484 g/mol. The number of benzene rings is 2. The molecule has 2 aromatic carbocycles. The number of amides is 3. The zero-order valence-electron chi connectivity index (χ0n) is 17.5. The second kappa shape index (κ2) is 9.72. The van der Waals surface area contributed by atoms with Gasteiger partial charge in [0.05, 0.1) is 28.9 Å². The van der Waals surface area contributed by atoms with Crippen LogP contribution >= 0.6 is 22.9 Å². The van der Waals surface area contributed by atoms with Gasteiger partial charge in [-0.15, -0.1) is 11.3 Å². The van der Waals surface area contributed by atoms with E-state index < -0.39 is 6.03 Å². The van der Waals surface area contributed by atoms with Gasteiger partial charge in [-0.25, -0.2) is 9.78 Å². The number of halogens is 1. The highest BCUT2D eigenvalue weighted by Gasteiger charge is 2.16. The van der Waals surface area contributed by atoms with Crippen molar-refractivity contribution in [1.29, 1.82) is 0 Å². The van der Waals surface area contributed by atoms with E-state index in [-0.39, 0.29) is 5.91 Å². The van der Waals surface area contributed by atoms with Crippen LogP contribution in [-0.4, -0.2) is 36.1 Å². The topological polar surface area (TPSA) is 114 Å². The summed E-state index contributed by atoms with van der Waals surface area (Å²) in [6, 6.07) is 9.40. The zero-order chi connectivity index (χ0) is 23.4. The minimum absolute atomic E-state index is 0.298. The molecule has 0 unspecified atom stereocenters. The van der Waals surface area contributed by atoms with Crippen molar-refractivity contribution in [3.8, 4) is 17.2 Å². The van der Waals surface area contributed by atoms with Gasteiger partial charge in [0.15, 0.2) is 5.13 Å². The molecule has 2 heterocycles. The Balaban J connectivity index is 1.63. The standard InChI is InChI=1S/C22H18ClN5O4S/c1-24-20(29)14-10-13-16(11-19(14)31-2)25-6-5-18(13)32-12-3-4-15(23)17(9-12)27-21(30)28-22-26-7-8-33-22/h3-11H,1-2H3,(H,24,29)(H2,26,27,28,30). The van der Waals surface area contributed by atoms with Crippen LogP contribution in [0.2, 0.25) is 5.02 Å². The lowest BCUT2D eigenvalue weighted by atomic mass is 10.1. The Morgan fingerprint density at radius 2 is 1.88 bits per heavy atom. The van der Waals surface area contributed by atoms with Crippen molar-refractivity contribution in [2.75, 3.05) is 24.8 Å². The maximum Gasteiger partial charge on any atom is 0.325 e. The number of hydrogen-bond donors (Lipinski definition) is 3. The molecule has 9 nitrogen and oxygen atoms in total. The van der Waals surface area contributed by atoms with Crippen molar-refractivity contribution >= 4 is 56.6 Å². The number of fused-ring (bicyclic) bond motifs is 1. The van der Waals surface area contributed by atoms with Crippen LogP contribution in [0.1, 0.15) is 10.4 Å². The Kier molecular flexibility index (Phi) is 6.57. The molecule has 2 aromatic heterocycles. The Bertz CT molecular complexity index is 1330. The van der Waals surface area contributed by atoms with E-state index in [1.807, 2.05) is 0 Å². The average Bonchev–Trinajstić information content (AvgIpc) is 3.33. The smallest absolute Gasteiger partial charge is 0.325 e. The Hall–Kier alpha value is -3.89. The number of nitrogens with zero attached hydrogens (tertiary/aromatic N) is 2. The molecule has 0 saturated carbocycles. The molecule has 4 aromatic rings. The second-order valence-electron chi connectivity index (χ2n) is 6.62.